The molecule has 6 heteroatoms. The van der Waals surface area contributed by atoms with Crippen molar-refractivity contribution >= 4 is 11.8 Å². The second kappa shape index (κ2) is 10.1. The molecule has 0 unspecified atom stereocenters. The highest BCUT2D eigenvalue weighted by Gasteiger charge is 2.33. The number of rotatable bonds is 7. The van der Waals surface area contributed by atoms with Crippen LogP contribution in [0.2, 0.25) is 0 Å². The van der Waals surface area contributed by atoms with Crippen LogP contribution in [0.4, 0.5) is 0 Å². The summed E-state index contributed by atoms with van der Waals surface area (Å²) >= 11 is 0. The monoisotopic (exact) mass is 353 g/mol. The number of hydrogen-bond acceptors (Lipinski definition) is 4. The van der Waals surface area contributed by atoms with Crippen LogP contribution in [0.3, 0.4) is 0 Å². The first-order valence-electron chi connectivity index (χ1n) is 9.42. The molecule has 0 saturated heterocycles. The van der Waals surface area contributed by atoms with Gasteiger partial charge in [-0.1, -0.05) is 0 Å². The summed E-state index contributed by atoms with van der Waals surface area (Å²) in [4.78, 5) is 25.4. The van der Waals surface area contributed by atoms with Crippen molar-refractivity contribution < 1.29 is 19.1 Å². The SMILES string of the molecule is COCC(=O)NC1CC[C]([C@H]2CC[C@H](N(C)C(=O)COC)CC2)CC1. The average Bonchev–Trinajstić information content (AvgIpc) is 2.62. The Bertz CT molecular complexity index is 427. The van der Waals surface area contributed by atoms with Gasteiger partial charge in [0.25, 0.3) is 0 Å². The summed E-state index contributed by atoms with van der Waals surface area (Å²) < 4.78 is 9.82. The Kier molecular flexibility index (Phi) is 8.16. The molecule has 0 heterocycles. The van der Waals surface area contributed by atoms with Crippen molar-refractivity contribution in [3.05, 3.63) is 5.92 Å². The quantitative estimate of drug-likeness (QED) is 0.759. The number of methoxy groups -OCH3 is 2. The fourth-order valence-corrected chi connectivity index (χ4v) is 4.24. The fraction of sp³-hybridized carbons (Fsp3) is 0.842. The standard InChI is InChI=1S/C19H33N2O4/c1-21(19(23)13-25-3)17-10-6-15(7-11-17)14-4-8-16(9-5-14)20-18(22)12-24-2/h15-17H,4-13H2,1-3H3,(H,20,22)/t15-,17-. The number of nitrogens with one attached hydrogen (secondary N) is 1. The van der Waals surface area contributed by atoms with E-state index in [2.05, 4.69) is 5.32 Å². The summed E-state index contributed by atoms with van der Waals surface area (Å²) in [6, 6.07) is 0.643. The first-order chi connectivity index (χ1) is 12.0. The lowest BCUT2D eigenvalue weighted by Gasteiger charge is -2.39. The largest absolute Gasteiger partial charge is 0.375 e. The van der Waals surface area contributed by atoms with Crippen LogP contribution >= 0.6 is 0 Å². The molecular weight excluding hydrogens is 320 g/mol. The Hall–Kier alpha value is -1.14. The van der Waals surface area contributed by atoms with Crippen LogP contribution in [0.15, 0.2) is 0 Å². The third-order valence-corrected chi connectivity index (χ3v) is 5.75. The number of carbonyl (C=O) groups excluding carboxylic acids is 2. The van der Waals surface area contributed by atoms with E-state index in [1.165, 1.54) is 12.8 Å². The molecular formula is C19H33N2O4. The highest BCUT2D eigenvalue weighted by molar-refractivity contribution is 5.77. The van der Waals surface area contributed by atoms with Crippen molar-refractivity contribution in [3.63, 3.8) is 0 Å². The third kappa shape index (κ3) is 5.96. The molecule has 2 aliphatic carbocycles. The normalized spacial score (nSPS) is 25.6. The third-order valence-electron chi connectivity index (χ3n) is 5.75. The highest BCUT2D eigenvalue weighted by Crippen LogP contribution is 2.40. The van der Waals surface area contributed by atoms with Gasteiger partial charge >= 0.3 is 0 Å². The number of nitrogens with zero attached hydrogens (tertiary/aromatic N) is 1. The Morgan fingerprint density at radius 2 is 1.60 bits per heavy atom. The van der Waals surface area contributed by atoms with Crippen LogP contribution in [0, 0.1) is 11.8 Å². The van der Waals surface area contributed by atoms with Gasteiger partial charge in [-0.25, -0.2) is 0 Å². The average molecular weight is 353 g/mol. The Morgan fingerprint density at radius 1 is 1.00 bits per heavy atom. The minimum Gasteiger partial charge on any atom is -0.375 e. The van der Waals surface area contributed by atoms with Crippen molar-refractivity contribution in [1.82, 2.24) is 10.2 Å². The van der Waals surface area contributed by atoms with E-state index in [1.54, 1.807) is 20.1 Å². The Morgan fingerprint density at radius 3 is 2.16 bits per heavy atom. The smallest absolute Gasteiger partial charge is 0.248 e. The number of amides is 2. The topological polar surface area (TPSA) is 67.9 Å². The molecule has 2 rings (SSSR count). The molecule has 0 spiro atoms. The molecule has 1 radical (unpaired) electrons. The Labute approximate surface area is 151 Å². The van der Waals surface area contributed by atoms with E-state index in [1.807, 2.05) is 11.9 Å². The Balaban J connectivity index is 1.70. The number of likely N-dealkylation sites (N-methyl/N-ethyl adjacent to an activating group) is 1. The van der Waals surface area contributed by atoms with Crippen LogP contribution in [0.5, 0.6) is 0 Å². The maximum Gasteiger partial charge on any atom is 0.248 e. The molecule has 2 aliphatic rings. The second-order valence-electron chi connectivity index (χ2n) is 7.38. The number of hydrogen-bond donors (Lipinski definition) is 1. The molecule has 0 aromatic carbocycles. The zero-order valence-electron chi connectivity index (χ0n) is 15.9. The predicted molar refractivity (Wildman–Crippen MR) is 95.9 cm³/mol. The number of carbonyl (C=O) groups is 2. The molecule has 0 aromatic heterocycles. The van der Waals surface area contributed by atoms with Gasteiger partial charge in [0.05, 0.1) is 0 Å². The summed E-state index contributed by atoms with van der Waals surface area (Å²) in [6.07, 6.45) is 8.81. The van der Waals surface area contributed by atoms with Crippen LogP contribution in [-0.4, -0.2) is 63.3 Å². The second-order valence-corrected chi connectivity index (χ2v) is 7.38. The van der Waals surface area contributed by atoms with Crippen molar-refractivity contribution in [2.24, 2.45) is 5.92 Å². The zero-order valence-corrected chi connectivity index (χ0v) is 15.9. The van der Waals surface area contributed by atoms with Crippen molar-refractivity contribution in [1.29, 1.82) is 0 Å². The molecule has 0 bridgehead atoms. The van der Waals surface area contributed by atoms with Gasteiger partial charge in [0.15, 0.2) is 0 Å². The van der Waals surface area contributed by atoms with E-state index in [4.69, 9.17) is 9.47 Å². The van der Waals surface area contributed by atoms with E-state index in [9.17, 15) is 9.59 Å². The van der Waals surface area contributed by atoms with Crippen LogP contribution < -0.4 is 5.32 Å². The van der Waals surface area contributed by atoms with Gasteiger partial charge < -0.3 is 19.7 Å². The maximum absolute atomic E-state index is 11.9. The van der Waals surface area contributed by atoms with Crippen LogP contribution in [-0.2, 0) is 19.1 Å². The molecule has 2 fully saturated rings. The van der Waals surface area contributed by atoms with E-state index >= 15 is 0 Å². The lowest BCUT2D eigenvalue weighted by atomic mass is 9.71. The lowest BCUT2D eigenvalue weighted by Crippen LogP contribution is -2.42. The molecule has 2 amide bonds. The summed E-state index contributed by atoms with van der Waals surface area (Å²) in [5, 5.41) is 3.06. The minimum atomic E-state index is -0.0137. The lowest BCUT2D eigenvalue weighted by molar-refractivity contribution is -0.136. The van der Waals surface area contributed by atoms with Crippen molar-refractivity contribution in [2.45, 2.75) is 63.5 Å². The van der Waals surface area contributed by atoms with Gasteiger partial charge in [0, 0.05) is 33.4 Å². The zero-order chi connectivity index (χ0) is 18.2. The van der Waals surface area contributed by atoms with Gasteiger partial charge in [-0.3, -0.25) is 9.59 Å². The molecule has 0 aromatic rings. The summed E-state index contributed by atoms with van der Waals surface area (Å²) in [7, 11) is 5.00. The molecule has 2 saturated carbocycles. The van der Waals surface area contributed by atoms with E-state index in [-0.39, 0.29) is 25.0 Å². The van der Waals surface area contributed by atoms with Crippen LogP contribution in [0.1, 0.15) is 51.4 Å². The van der Waals surface area contributed by atoms with E-state index in [0.29, 0.717) is 18.0 Å². The fourth-order valence-electron chi connectivity index (χ4n) is 4.24. The van der Waals surface area contributed by atoms with Gasteiger partial charge in [-0.2, -0.15) is 0 Å². The maximum atomic E-state index is 11.9. The van der Waals surface area contributed by atoms with Gasteiger partial charge in [0.1, 0.15) is 13.2 Å². The first-order valence-corrected chi connectivity index (χ1v) is 9.42. The van der Waals surface area contributed by atoms with Gasteiger partial charge in [0.2, 0.25) is 11.8 Å². The molecule has 0 atom stereocenters. The molecule has 6 nitrogen and oxygen atoms in total. The van der Waals surface area contributed by atoms with E-state index < -0.39 is 0 Å². The summed E-state index contributed by atoms with van der Waals surface area (Å²) in [5.74, 6) is 2.42. The summed E-state index contributed by atoms with van der Waals surface area (Å²) in [6.45, 7) is 0.316. The molecule has 143 valence electrons. The van der Waals surface area contributed by atoms with Crippen LogP contribution in [0.25, 0.3) is 0 Å². The predicted octanol–water partition coefficient (Wildman–Crippen LogP) is 1.93. The van der Waals surface area contributed by atoms with Gasteiger partial charge in [-0.05, 0) is 63.2 Å². The van der Waals surface area contributed by atoms with E-state index in [0.717, 1.165) is 38.5 Å². The molecule has 25 heavy (non-hydrogen) atoms. The summed E-state index contributed by atoms with van der Waals surface area (Å²) in [5.41, 5.74) is 0. The van der Waals surface area contributed by atoms with Crippen molar-refractivity contribution in [3.8, 4) is 0 Å². The minimum absolute atomic E-state index is 0.0137. The van der Waals surface area contributed by atoms with Crippen molar-refractivity contribution in [2.75, 3.05) is 34.5 Å². The molecule has 0 aliphatic heterocycles. The van der Waals surface area contributed by atoms with Gasteiger partial charge in [-0.15, -0.1) is 0 Å². The first kappa shape index (κ1) is 20.2. The number of ether oxygens (including phenoxy) is 2. The molecule has 1 N–H and O–H groups in total. The highest BCUT2D eigenvalue weighted by atomic mass is 16.5.